The number of hydrogen-bond donors (Lipinski definition) is 4. The van der Waals surface area contributed by atoms with Crippen LogP contribution in [0.25, 0.3) is 44.2 Å². The number of aromatic amines is 2. The van der Waals surface area contributed by atoms with Crippen LogP contribution in [0, 0.1) is 41.3 Å². The molecule has 2 aliphatic rings. The number of fused-ring (bicyclic) bond motifs is 3. The van der Waals surface area contributed by atoms with Gasteiger partial charge in [0.2, 0.25) is 11.8 Å². The number of alkyl carbamates (subject to hydrolysis) is 2. The minimum Gasteiger partial charge on any atom is -0.453 e. The molecule has 336 valence electrons. The van der Waals surface area contributed by atoms with E-state index in [9.17, 15) is 19.2 Å². The topological polar surface area (TPSA) is 175 Å². The van der Waals surface area contributed by atoms with Crippen LogP contribution in [0.5, 0.6) is 0 Å². The monoisotopic (exact) mass is 884 g/mol. The van der Waals surface area contributed by atoms with Crippen LogP contribution in [0.4, 0.5) is 14.0 Å². The third-order valence-corrected chi connectivity index (χ3v) is 13.7. The van der Waals surface area contributed by atoms with E-state index in [1.54, 1.807) is 11.0 Å². The molecule has 4 unspecified atom stereocenters. The van der Waals surface area contributed by atoms with Crippen LogP contribution < -0.4 is 10.6 Å². The van der Waals surface area contributed by atoms with Crippen LogP contribution >= 0.6 is 11.6 Å². The van der Waals surface area contributed by atoms with E-state index < -0.39 is 36.1 Å². The number of rotatable bonds is 14. The van der Waals surface area contributed by atoms with Crippen molar-refractivity contribution in [2.45, 2.75) is 99.1 Å². The highest BCUT2D eigenvalue weighted by atomic mass is 35.5. The fourth-order valence-corrected chi connectivity index (χ4v) is 9.29. The van der Waals surface area contributed by atoms with Gasteiger partial charge in [-0.15, -0.1) is 0 Å². The second-order valence-corrected chi connectivity index (χ2v) is 18.5. The molecule has 4 amide bonds. The normalized spacial score (nSPS) is 21.8. The molecule has 7 rings (SSSR count). The first-order chi connectivity index (χ1) is 29.9. The number of carbonyl (C=O) groups is 4. The predicted molar refractivity (Wildman–Crippen MR) is 240 cm³/mol. The van der Waals surface area contributed by atoms with Crippen molar-refractivity contribution in [1.82, 2.24) is 40.4 Å². The number of halogens is 2. The van der Waals surface area contributed by atoms with Gasteiger partial charge in [-0.3, -0.25) is 9.59 Å². The van der Waals surface area contributed by atoms with Crippen LogP contribution in [0.3, 0.4) is 0 Å². The van der Waals surface area contributed by atoms with Crippen molar-refractivity contribution in [3.8, 4) is 22.4 Å². The van der Waals surface area contributed by atoms with Gasteiger partial charge in [-0.2, -0.15) is 0 Å². The number of aromatic nitrogens is 4. The van der Waals surface area contributed by atoms with Crippen LogP contribution in [0.15, 0.2) is 48.5 Å². The smallest absolute Gasteiger partial charge is 0.407 e. The van der Waals surface area contributed by atoms with Gasteiger partial charge in [-0.1, -0.05) is 91.3 Å². The van der Waals surface area contributed by atoms with Crippen LogP contribution in [0.1, 0.15) is 80.0 Å². The van der Waals surface area contributed by atoms with Crippen molar-refractivity contribution >= 4 is 57.4 Å². The van der Waals surface area contributed by atoms with Crippen molar-refractivity contribution in [1.29, 1.82) is 0 Å². The van der Waals surface area contributed by atoms with Crippen molar-refractivity contribution in [3.05, 3.63) is 71.2 Å². The molecule has 2 saturated carbocycles. The summed E-state index contributed by atoms with van der Waals surface area (Å²) in [5.74, 6) is 0.727. The van der Waals surface area contributed by atoms with E-state index >= 15 is 4.39 Å². The number of hydrogen-bond acceptors (Lipinski definition) is 8. The van der Waals surface area contributed by atoms with E-state index in [0.29, 0.717) is 29.0 Å². The largest absolute Gasteiger partial charge is 0.453 e. The number of carbonyl (C=O) groups excluding carboxylic acids is 4. The molecule has 0 aliphatic heterocycles. The molecule has 3 aromatic carbocycles. The van der Waals surface area contributed by atoms with E-state index in [4.69, 9.17) is 31.0 Å². The minimum atomic E-state index is -0.831. The molecule has 2 fully saturated rings. The highest BCUT2D eigenvalue weighted by Gasteiger charge is 2.53. The SMILES string of the molecule is COC(=O)N[C@H](C(=O)N(Cc1nc2c(ccc3cc(-c4ccc(-c5nc([C@H](C)N(C(=O)[C@@H](NC(=O)OC)C(C)C)C6C(C)[C@@H]6C)[nH]c5Cl)c(F)c4)ccc32)[nH]1)C1C(C)[C@@H]1C)C(C)C. The lowest BCUT2D eigenvalue weighted by Gasteiger charge is -2.34. The van der Waals surface area contributed by atoms with Gasteiger partial charge in [0.1, 0.15) is 40.4 Å². The van der Waals surface area contributed by atoms with E-state index in [0.717, 1.165) is 27.4 Å². The maximum atomic E-state index is 16.2. The average Bonchev–Trinajstić information content (AvgIpc) is 3.81. The van der Waals surface area contributed by atoms with Gasteiger partial charge in [-0.05, 0) is 83.2 Å². The van der Waals surface area contributed by atoms with Gasteiger partial charge in [0.15, 0.2) is 0 Å². The third kappa shape index (κ3) is 8.81. The lowest BCUT2D eigenvalue weighted by atomic mass is 9.99. The molecule has 0 radical (unpaired) electrons. The molecule has 5 aromatic rings. The molecule has 0 saturated heterocycles. The summed E-state index contributed by atoms with van der Waals surface area (Å²) in [5.41, 5.74) is 3.42. The molecule has 63 heavy (non-hydrogen) atoms. The number of amides is 4. The summed E-state index contributed by atoms with van der Waals surface area (Å²) in [6, 6.07) is 12.5. The summed E-state index contributed by atoms with van der Waals surface area (Å²) in [4.78, 5) is 72.3. The van der Waals surface area contributed by atoms with Gasteiger partial charge >= 0.3 is 12.2 Å². The van der Waals surface area contributed by atoms with Crippen molar-refractivity contribution < 1.29 is 33.0 Å². The lowest BCUT2D eigenvalue weighted by molar-refractivity contribution is -0.138. The molecule has 4 N–H and O–H groups in total. The molecule has 2 aromatic heterocycles. The summed E-state index contributed by atoms with van der Waals surface area (Å²) in [5, 5.41) is 7.34. The summed E-state index contributed by atoms with van der Waals surface area (Å²) in [6.45, 7) is 18.0. The zero-order chi connectivity index (χ0) is 45.8. The van der Waals surface area contributed by atoms with E-state index in [1.165, 1.54) is 20.3 Å². The number of methoxy groups -OCH3 is 2. The zero-order valence-corrected chi connectivity index (χ0v) is 38.4. The molecule has 0 spiro atoms. The van der Waals surface area contributed by atoms with Crippen molar-refractivity contribution in [2.75, 3.05) is 14.2 Å². The highest BCUT2D eigenvalue weighted by molar-refractivity contribution is 6.32. The predicted octanol–water partition coefficient (Wildman–Crippen LogP) is 8.85. The average molecular weight is 885 g/mol. The number of imidazole rings is 2. The summed E-state index contributed by atoms with van der Waals surface area (Å²) in [7, 11) is 2.53. The number of benzene rings is 3. The van der Waals surface area contributed by atoms with Crippen LogP contribution in [-0.2, 0) is 25.6 Å². The van der Waals surface area contributed by atoms with Crippen molar-refractivity contribution in [3.63, 3.8) is 0 Å². The minimum absolute atomic E-state index is 0.00852. The summed E-state index contributed by atoms with van der Waals surface area (Å²) in [6.07, 6.45) is -1.35. The number of nitrogens with zero attached hydrogens (tertiary/aromatic N) is 4. The Kier molecular flexibility index (Phi) is 12.8. The maximum absolute atomic E-state index is 16.2. The van der Waals surface area contributed by atoms with Gasteiger partial charge < -0.3 is 39.9 Å². The summed E-state index contributed by atoms with van der Waals surface area (Å²) < 4.78 is 25.8. The van der Waals surface area contributed by atoms with E-state index in [1.807, 2.05) is 75.9 Å². The van der Waals surface area contributed by atoms with Crippen LogP contribution in [-0.4, -0.2) is 92.1 Å². The Bertz CT molecular complexity index is 2540. The van der Waals surface area contributed by atoms with E-state index in [-0.39, 0.29) is 70.5 Å². The summed E-state index contributed by atoms with van der Waals surface area (Å²) >= 11 is 6.72. The van der Waals surface area contributed by atoms with Gasteiger partial charge in [-0.25, -0.2) is 23.9 Å². The molecule has 14 nitrogen and oxygen atoms in total. The fourth-order valence-electron chi connectivity index (χ4n) is 9.04. The molecule has 0 bridgehead atoms. The Hall–Kier alpha value is -5.70. The molecular formula is C47H58ClFN8O6. The van der Waals surface area contributed by atoms with E-state index in [2.05, 4.69) is 48.3 Å². The zero-order valence-electron chi connectivity index (χ0n) is 37.7. The number of ether oxygens (including phenoxy) is 2. The highest BCUT2D eigenvalue weighted by Crippen LogP contribution is 2.47. The quantitative estimate of drug-likeness (QED) is 0.0856. The first-order valence-corrected chi connectivity index (χ1v) is 22.0. The first-order valence-electron chi connectivity index (χ1n) is 21.6. The number of nitrogens with one attached hydrogen (secondary N) is 4. The Balaban J connectivity index is 1.13. The Morgan fingerprint density at radius 2 is 1.33 bits per heavy atom. The second-order valence-electron chi connectivity index (χ2n) is 18.1. The van der Waals surface area contributed by atoms with Gasteiger partial charge in [0.25, 0.3) is 0 Å². The molecular weight excluding hydrogens is 827 g/mol. The Morgan fingerprint density at radius 3 is 1.89 bits per heavy atom. The molecule has 9 atom stereocenters. The fraction of sp³-hybridized carbons (Fsp3) is 0.489. The Labute approximate surface area is 372 Å². The second kappa shape index (κ2) is 17.8. The van der Waals surface area contributed by atoms with Gasteiger partial charge in [0, 0.05) is 23.0 Å². The molecule has 16 heteroatoms. The van der Waals surface area contributed by atoms with Crippen molar-refractivity contribution in [2.24, 2.45) is 35.5 Å². The first kappa shape index (κ1) is 45.3. The standard InChI is InChI=1S/C47H58ClFN8O6/c1-21(2)36(53-46(60)62-10)44(58)56(40-23(5)24(40)6)20-35-50-34-17-14-30-18-28(12-15-31(30)38(34)51-35)29-13-16-32(33(49)19-29)39-42(48)55-43(52-39)27(9)57(41-25(7)26(41)8)45(59)37(22(3)4)54-47(61)63-11/h12-19,21-27,36-37,40-41H,20H2,1-11H3,(H,50,51)(H,52,55)(H,53,60)(H,54,61)/t23-,24?,25-,26?,27-,36-,37-,40?,41?/m0/s1. The van der Waals surface area contributed by atoms with Gasteiger partial charge in [0.05, 0.1) is 37.8 Å². The van der Waals surface area contributed by atoms with Crippen LogP contribution in [0.2, 0.25) is 5.15 Å². The molecule has 2 heterocycles. The Morgan fingerprint density at radius 1 is 0.762 bits per heavy atom. The number of H-pyrrole nitrogens is 2. The lowest BCUT2D eigenvalue weighted by Crippen LogP contribution is -2.53. The third-order valence-electron chi connectivity index (χ3n) is 13.4. The maximum Gasteiger partial charge on any atom is 0.407 e. The molecule has 2 aliphatic carbocycles.